The van der Waals surface area contributed by atoms with Crippen LogP contribution >= 0.6 is 0 Å². The van der Waals surface area contributed by atoms with Crippen LogP contribution in [0, 0.1) is 6.92 Å². The normalized spacial score (nSPS) is 16.9. The lowest BCUT2D eigenvalue weighted by Gasteiger charge is -2.21. The van der Waals surface area contributed by atoms with E-state index in [2.05, 4.69) is 20.3 Å². The topological polar surface area (TPSA) is 115 Å². The van der Waals surface area contributed by atoms with Gasteiger partial charge in [0.05, 0.1) is 36.0 Å². The van der Waals surface area contributed by atoms with E-state index in [0.717, 1.165) is 12.1 Å². The summed E-state index contributed by atoms with van der Waals surface area (Å²) in [7, 11) is 3.26. The molecule has 1 saturated heterocycles. The summed E-state index contributed by atoms with van der Waals surface area (Å²) < 4.78 is 51.3. The first-order valence-electron chi connectivity index (χ1n) is 11.3. The van der Waals surface area contributed by atoms with Crippen molar-refractivity contribution in [3.8, 4) is 11.5 Å². The third-order valence-electron chi connectivity index (χ3n) is 6.15. The number of carbonyl (C=O) groups excluding carboxylic acids is 1. The molecule has 12 heteroatoms. The Morgan fingerprint density at radius 1 is 1.19 bits per heavy atom. The molecule has 0 radical (unpaired) electrons. The van der Waals surface area contributed by atoms with Crippen LogP contribution in [0.1, 0.15) is 42.9 Å². The minimum Gasteiger partial charge on any atom is -0.493 e. The largest absolute Gasteiger partial charge is 0.493 e. The van der Waals surface area contributed by atoms with Crippen LogP contribution in [0.4, 0.5) is 24.8 Å². The number of nitrogens with one attached hydrogen (secondary N) is 1. The number of ether oxygens (including phenoxy) is 2. The number of aryl methyl sites for hydroxylation is 1. The number of nitrogen functional groups attached to an aromatic ring is 1. The predicted molar refractivity (Wildman–Crippen MR) is 128 cm³/mol. The highest BCUT2D eigenvalue weighted by Crippen LogP contribution is 2.36. The number of pyridine rings is 1. The van der Waals surface area contributed by atoms with E-state index in [1.54, 1.807) is 37.9 Å². The summed E-state index contributed by atoms with van der Waals surface area (Å²) in [5.41, 5.74) is 5.44. The van der Waals surface area contributed by atoms with Gasteiger partial charge in [-0.15, -0.1) is 0 Å². The van der Waals surface area contributed by atoms with E-state index >= 15 is 0 Å². The first-order chi connectivity index (χ1) is 17.0. The molecule has 0 saturated carbocycles. The molecule has 1 aliphatic heterocycles. The zero-order chi connectivity index (χ0) is 26.2. The van der Waals surface area contributed by atoms with Crippen molar-refractivity contribution in [3.05, 3.63) is 41.3 Å². The van der Waals surface area contributed by atoms with Crippen molar-refractivity contribution in [2.24, 2.45) is 0 Å². The Balaban J connectivity index is 1.67. The number of carbonyl (C=O) groups is 1. The summed E-state index contributed by atoms with van der Waals surface area (Å²) in [5.74, 6) is 1.58. The molecule has 1 aromatic carbocycles. The van der Waals surface area contributed by atoms with Crippen molar-refractivity contribution in [2.45, 2.75) is 44.9 Å². The van der Waals surface area contributed by atoms with E-state index in [4.69, 9.17) is 15.2 Å². The zero-order valence-corrected chi connectivity index (χ0v) is 20.3. The molecule has 192 valence electrons. The third kappa shape index (κ3) is 5.21. The number of alkyl halides is 3. The fraction of sp³-hybridized carbons (Fsp3) is 0.417. The molecule has 2 aromatic heterocycles. The molecule has 1 amide bonds. The van der Waals surface area contributed by atoms with Gasteiger partial charge in [0.25, 0.3) is 0 Å². The second kappa shape index (κ2) is 9.67. The summed E-state index contributed by atoms with van der Waals surface area (Å²) in [4.78, 5) is 26.5. The molecule has 9 nitrogen and oxygen atoms in total. The number of methoxy groups -OCH3 is 1. The van der Waals surface area contributed by atoms with Crippen molar-refractivity contribution in [3.63, 3.8) is 0 Å². The van der Waals surface area contributed by atoms with Gasteiger partial charge in [0.15, 0.2) is 11.5 Å². The standard InChI is InChI=1S/C24H27F3N6O3/c1-12(17-7-14(24(25,26)27)8-21(28)32-17)29-23-16-9-20(36-11-15-5-6-22(34)33(15)3)19(35-4)10-18(16)30-13(2)31-23/h7-10,12,15H,5-6,11H2,1-4H3,(H2,28,32)(H,29,30,31)/t12-,15+/m1/s1. The van der Waals surface area contributed by atoms with Crippen molar-refractivity contribution in [2.75, 3.05) is 31.8 Å². The maximum absolute atomic E-state index is 13.3. The van der Waals surface area contributed by atoms with Gasteiger partial charge in [-0.1, -0.05) is 0 Å². The number of halogens is 3. The van der Waals surface area contributed by atoms with Crippen LogP contribution in [0.15, 0.2) is 24.3 Å². The molecule has 4 rings (SSSR count). The Morgan fingerprint density at radius 2 is 1.94 bits per heavy atom. The van der Waals surface area contributed by atoms with E-state index < -0.39 is 17.8 Å². The number of anilines is 2. The molecule has 36 heavy (non-hydrogen) atoms. The predicted octanol–water partition coefficient (Wildman–Crippen LogP) is 4.12. The molecule has 1 fully saturated rings. The third-order valence-corrected chi connectivity index (χ3v) is 6.15. The minimum atomic E-state index is -4.55. The monoisotopic (exact) mass is 504 g/mol. The van der Waals surface area contributed by atoms with Gasteiger partial charge in [-0.2, -0.15) is 13.2 Å². The molecule has 1 aliphatic rings. The quantitative estimate of drug-likeness (QED) is 0.494. The fourth-order valence-electron chi connectivity index (χ4n) is 4.12. The van der Waals surface area contributed by atoms with Crippen molar-refractivity contribution in [1.29, 1.82) is 0 Å². The van der Waals surface area contributed by atoms with Crippen LogP contribution in [-0.2, 0) is 11.0 Å². The van der Waals surface area contributed by atoms with Crippen molar-refractivity contribution >= 4 is 28.4 Å². The van der Waals surface area contributed by atoms with Gasteiger partial charge in [-0.3, -0.25) is 4.79 Å². The van der Waals surface area contributed by atoms with Crippen molar-refractivity contribution in [1.82, 2.24) is 19.9 Å². The van der Waals surface area contributed by atoms with E-state index in [-0.39, 0.29) is 30.1 Å². The van der Waals surface area contributed by atoms with Gasteiger partial charge < -0.3 is 25.4 Å². The zero-order valence-electron chi connectivity index (χ0n) is 20.3. The summed E-state index contributed by atoms with van der Waals surface area (Å²) in [5, 5.41) is 3.72. The number of nitrogens with two attached hydrogens (primary N) is 1. The fourth-order valence-corrected chi connectivity index (χ4v) is 4.12. The van der Waals surface area contributed by atoms with Gasteiger partial charge in [0.2, 0.25) is 5.91 Å². The minimum absolute atomic E-state index is 0.0535. The average Bonchev–Trinajstić information content (AvgIpc) is 3.13. The van der Waals surface area contributed by atoms with Gasteiger partial charge in [-0.25, -0.2) is 15.0 Å². The SMILES string of the molecule is COc1cc2nc(C)nc(N[C@H](C)c3cc(C(F)(F)F)cc(N)n3)c2cc1OC[C@@H]1CCC(=O)N1C. The van der Waals surface area contributed by atoms with Crippen LogP contribution in [0.3, 0.4) is 0 Å². The van der Waals surface area contributed by atoms with Crippen LogP contribution in [-0.4, -0.2) is 52.6 Å². The number of amides is 1. The molecule has 3 aromatic rings. The Labute approximate surface area is 205 Å². The molecule has 3 heterocycles. The highest BCUT2D eigenvalue weighted by molar-refractivity contribution is 5.92. The summed E-state index contributed by atoms with van der Waals surface area (Å²) in [6, 6.07) is 4.47. The molecule has 3 N–H and O–H groups in total. The smallest absolute Gasteiger partial charge is 0.416 e. The van der Waals surface area contributed by atoms with E-state index in [1.807, 2.05) is 0 Å². The Morgan fingerprint density at radius 3 is 2.58 bits per heavy atom. The summed E-state index contributed by atoms with van der Waals surface area (Å²) >= 11 is 0. The van der Waals surface area contributed by atoms with E-state index in [1.165, 1.54) is 7.11 Å². The van der Waals surface area contributed by atoms with Crippen molar-refractivity contribution < 1.29 is 27.4 Å². The van der Waals surface area contributed by atoms with Gasteiger partial charge >= 0.3 is 6.18 Å². The van der Waals surface area contributed by atoms with Crippen LogP contribution < -0.4 is 20.5 Å². The number of aromatic nitrogens is 3. The molecule has 2 atom stereocenters. The molecule has 0 bridgehead atoms. The lowest BCUT2D eigenvalue weighted by atomic mass is 10.1. The second-order valence-electron chi connectivity index (χ2n) is 8.72. The lowest BCUT2D eigenvalue weighted by Crippen LogP contribution is -2.33. The maximum atomic E-state index is 13.3. The van der Waals surface area contributed by atoms with E-state index in [0.29, 0.717) is 46.9 Å². The number of likely N-dealkylation sites (tertiary alicyclic amines) is 1. The highest BCUT2D eigenvalue weighted by atomic mass is 19.4. The van der Waals surface area contributed by atoms with Gasteiger partial charge in [0, 0.05) is 24.9 Å². The molecule has 0 unspecified atom stereocenters. The number of likely N-dealkylation sites (N-methyl/N-ethyl adjacent to an activating group) is 1. The molecular weight excluding hydrogens is 477 g/mol. The van der Waals surface area contributed by atoms with Gasteiger partial charge in [-0.05, 0) is 38.5 Å². The first-order valence-corrected chi connectivity index (χ1v) is 11.3. The lowest BCUT2D eigenvalue weighted by molar-refractivity contribution is -0.137. The first kappa shape index (κ1) is 25.3. The average molecular weight is 505 g/mol. The Hall–Kier alpha value is -3.83. The molecular formula is C24H27F3N6O3. The maximum Gasteiger partial charge on any atom is 0.416 e. The number of nitrogens with zero attached hydrogens (tertiary/aromatic N) is 4. The second-order valence-corrected chi connectivity index (χ2v) is 8.72. The number of fused-ring (bicyclic) bond motifs is 1. The Kier molecular flexibility index (Phi) is 6.79. The number of hydrogen-bond donors (Lipinski definition) is 2. The Bertz CT molecular complexity index is 1300. The summed E-state index contributed by atoms with van der Waals surface area (Å²) in [6.07, 6.45) is -3.37. The number of hydrogen-bond acceptors (Lipinski definition) is 8. The summed E-state index contributed by atoms with van der Waals surface area (Å²) in [6.45, 7) is 3.65. The molecule has 0 spiro atoms. The van der Waals surface area contributed by atoms with Crippen LogP contribution in [0.5, 0.6) is 11.5 Å². The molecule has 0 aliphatic carbocycles. The van der Waals surface area contributed by atoms with Crippen LogP contribution in [0.25, 0.3) is 10.9 Å². The highest BCUT2D eigenvalue weighted by Gasteiger charge is 2.32. The van der Waals surface area contributed by atoms with Gasteiger partial charge in [0.1, 0.15) is 24.1 Å². The number of benzene rings is 1. The van der Waals surface area contributed by atoms with Crippen LogP contribution in [0.2, 0.25) is 0 Å². The van der Waals surface area contributed by atoms with E-state index in [9.17, 15) is 18.0 Å². The number of rotatable bonds is 7.